The largest absolute Gasteiger partial charge is 0.482 e. The number of rotatable bonds is 6. The zero-order valence-corrected chi connectivity index (χ0v) is 13.7. The van der Waals surface area contributed by atoms with Gasteiger partial charge in [-0.25, -0.2) is 9.59 Å². The molecule has 0 amide bonds. The Balaban J connectivity index is 2.22. The quantitative estimate of drug-likeness (QED) is 0.761. The second kappa shape index (κ2) is 7.17. The predicted molar refractivity (Wildman–Crippen MR) is 83.6 cm³/mol. The minimum absolute atomic E-state index is 0.194. The highest BCUT2D eigenvalue weighted by molar-refractivity contribution is 6.04. The van der Waals surface area contributed by atoms with Gasteiger partial charge in [0.25, 0.3) is 0 Å². The van der Waals surface area contributed by atoms with Gasteiger partial charge in [-0.2, -0.15) is 0 Å². The molecule has 2 aromatic rings. The van der Waals surface area contributed by atoms with Gasteiger partial charge in [0.05, 0.1) is 12.7 Å². The van der Waals surface area contributed by atoms with Crippen LogP contribution >= 0.6 is 0 Å². The Morgan fingerprint density at radius 1 is 1.26 bits per heavy atom. The lowest BCUT2D eigenvalue weighted by atomic mass is 10.1. The van der Waals surface area contributed by atoms with Crippen molar-refractivity contribution in [2.75, 3.05) is 13.2 Å². The summed E-state index contributed by atoms with van der Waals surface area (Å²) in [5.41, 5.74) is 0.930. The predicted octanol–water partition coefficient (Wildman–Crippen LogP) is 3.25. The number of esters is 2. The number of carbonyl (C=O) groups is 2. The number of fused-ring (bicyclic) bond motifs is 1. The first-order chi connectivity index (χ1) is 10.9. The summed E-state index contributed by atoms with van der Waals surface area (Å²) in [5, 5.41) is 0.593. The molecule has 1 aromatic heterocycles. The monoisotopic (exact) mass is 320 g/mol. The smallest absolute Gasteiger partial charge is 0.344 e. The lowest BCUT2D eigenvalue weighted by Crippen LogP contribution is -2.18. The standard InChI is InChI=1S/C17H20O6/c1-5-20-17(19)16-11(4)23-14-7-6-12(8-13(14)16)21-9-15(18)22-10(2)3/h6-8,10H,5,9H2,1-4H3. The Hall–Kier alpha value is -2.50. The van der Waals surface area contributed by atoms with Gasteiger partial charge in [0.1, 0.15) is 22.7 Å². The molecular weight excluding hydrogens is 300 g/mol. The minimum atomic E-state index is -0.450. The van der Waals surface area contributed by atoms with E-state index in [0.29, 0.717) is 28.0 Å². The van der Waals surface area contributed by atoms with Gasteiger partial charge < -0.3 is 18.6 Å². The molecule has 0 unspecified atom stereocenters. The first-order valence-corrected chi connectivity index (χ1v) is 7.45. The molecule has 0 N–H and O–H groups in total. The van der Waals surface area contributed by atoms with E-state index in [1.165, 1.54) is 0 Å². The maximum absolute atomic E-state index is 12.0. The van der Waals surface area contributed by atoms with Crippen LogP contribution in [0, 0.1) is 6.92 Å². The molecule has 1 heterocycles. The zero-order valence-electron chi connectivity index (χ0n) is 13.7. The Morgan fingerprint density at radius 3 is 2.65 bits per heavy atom. The van der Waals surface area contributed by atoms with Crippen LogP contribution in [0.15, 0.2) is 22.6 Å². The number of hydrogen-bond donors (Lipinski definition) is 0. The fourth-order valence-corrected chi connectivity index (χ4v) is 2.18. The van der Waals surface area contributed by atoms with E-state index in [-0.39, 0.29) is 19.3 Å². The van der Waals surface area contributed by atoms with Crippen molar-refractivity contribution in [3.05, 3.63) is 29.5 Å². The second-order valence-electron chi connectivity index (χ2n) is 5.24. The molecule has 0 fully saturated rings. The Bertz CT molecular complexity index is 713. The Labute approximate surface area is 134 Å². The average Bonchev–Trinajstić information content (AvgIpc) is 2.79. The summed E-state index contributed by atoms with van der Waals surface area (Å²) in [7, 11) is 0. The van der Waals surface area contributed by atoms with E-state index in [9.17, 15) is 9.59 Å². The maximum atomic E-state index is 12.0. The Kier molecular flexibility index (Phi) is 5.26. The summed E-state index contributed by atoms with van der Waals surface area (Å²) in [6.07, 6.45) is -0.194. The van der Waals surface area contributed by atoms with Crippen LogP contribution < -0.4 is 4.74 Å². The van der Waals surface area contributed by atoms with Crippen LogP contribution in [0.1, 0.15) is 36.9 Å². The van der Waals surface area contributed by atoms with Crippen molar-refractivity contribution in [3.8, 4) is 5.75 Å². The van der Waals surface area contributed by atoms with E-state index in [1.54, 1.807) is 45.9 Å². The first kappa shape index (κ1) is 16.9. The lowest BCUT2D eigenvalue weighted by molar-refractivity contribution is -0.149. The molecule has 6 heteroatoms. The lowest BCUT2D eigenvalue weighted by Gasteiger charge is -2.09. The van der Waals surface area contributed by atoms with Crippen LogP contribution in [-0.2, 0) is 14.3 Å². The van der Waals surface area contributed by atoms with Crippen LogP contribution in [0.4, 0.5) is 0 Å². The van der Waals surface area contributed by atoms with Crippen molar-refractivity contribution < 1.29 is 28.2 Å². The summed E-state index contributed by atoms with van der Waals surface area (Å²) in [4.78, 5) is 23.6. The van der Waals surface area contributed by atoms with Gasteiger partial charge in [-0.15, -0.1) is 0 Å². The maximum Gasteiger partial charge on any atom is 0.344 e. The van der Waals surface area contributed by atoms with Gasteiger partial charge in [-0.3, -0.25) is 0 Å². The molecule has 2 rings (SSSR count). The SMILES string of the molecule is CCOC(=O)c1c(C)oc2ccc(OCC(=O)OC(C)C)cc12. The molecule has 1 aromatic carbocycles. The molecule has 23 heavy (non-hydrogen) atoms. The molecule has 0 aliphatic carbocycles. The number of aryl methyl sites for hydroxylation is 1. The summed E-state index contributed by atoms with van der Waals surface area (Å²) < 4.78 is 21.0. The molecule has 0 spiro atoms. The summed E-state index contributed by atoms with van der Waals surface area (Å²) in [5.74, 6) is 0.0357. The van der Waals surface area contributed by atoms with Gasteiger partial charge in [0.2, 0.25) is 0 Å². The van der Waals surface area contributed by atoms with Gasteiger partial charge in [-0.1, -0.05) is 0 Å². The number of carbonyl (C=O) groups excluding carboxylic acids is 2. The number of hydrogen-bond acceptors (Lipinski definition) is 6. The topological polar surface area (TPSA) is 75.0 Å². The third-order valence-corrected chi connectivity index (χ3v) is 3.04. The molecule has 6 nitrogen and oxygen atoms in total. The molecular formula is C17H20O6. The number of ether oxygens (including phenoxy) is 3. The molecule has 0 aliphatic heterocycles. The molecule has 0 saturated heterocycles. The van der Waals surface area contributed by atoms with E-state index < -0.39 is 11.9 Å². The van der Waals surface area contributed by atoms with Crippen LogP contribution in [-0.4, -0.2) is 31.3 Å². The van der Waals surface area contributed by atoms with Crippen molar-refractivity contribution in [3.63, 3.8) is 0 Å². The molecule has 0 radical (unpaired) electrons. The summed E-state index contributed by atoms with van der Waals surface area (Å²) in [6, 6.07) is 5.01. The van der Waals surface area contributed by atoms with Crippen molar-refractivity contribution in [1.82, 2.24) is 0 Å². The fourth-order valence-electron chi connectivity index (χ4n) is 2.18. The molecule has 0 aliphatic rings. The number of furan rings is 1. The highest BCUT2D eigenvalue weighted by Gasteiger charge is 2.20. The molecule has 0 saturated carbocycles. The minimum Gasteiger partial charge on any atom is -0.482 e. The van der Waals surface area contributed by atoms with Crippen molar-refractivity contribution in [2.24, 2.45) is 0 Å². The van der Waals surface area contributed by atoms with Gasteiger partial charge in [-0.05, 0) is 45.9 Å². The average molecular weight is 320 g/mol. The number of benzene rings is 1. The fraction of sp³-hybridized carbons (Fsp3) is 0.412. The first-order valence-electron chi connectivity index (χ1n) is 7.45. The van der Waals surface area contributed by atoms with E-state index in [4.69, 9.17) is 18.6 Å². The molecule has 124 valence electrons. The Morgan fingerprint density at radius 2 is 2.00 bits per heavy atom. The van der Waals surface area contributed by atoms with Gasteiger partial charge >= 0.3 is 11.9 Å². The highest BCUT2D eigenvalue weighted by atomic mass is 16.6. The molecule has 0 bridgehead atoms. The van der Waals surface area contributed by atoms with Gasteiger partial charge in [0.15, 0.2) is 6.61 Å². The van der Waals surface area contributed by atoms with Crippen LogP contribution in [0.3, 0.4) is 0 Å². The van der Waals surface area contributed by atoms with E-state index >= 15 is 0 Å². The normalized spacial score (nSPS) is 10.8. The van der Waals surface area contributed by atoms with E-state index in [2.05, 4.69) is 0 Å². The van der Waals surface area contributed by atoms with E-state index in [1.807, 2.05) is 0 Å². The summed E-state index contributed by atoms with van der Waals surface area (Å²) >= 11 is 0. The molecule has 0 atom stereocenters. The highest BCUT2D eigenvalue weighted by Crippen LogP contribution is 2.29. The third-order valence-electron chi connectivity index (χ3n) is 3.04. The second-order valence-corrected chi connectivity index (χ2v) is 5.24. The summed E-state index contributed by atoms with van der Waals surface area (Å²) in [6.45, 7) is 7.06. The van der Waals surface area contributed by atoms with Crippen molar-refractivity contribution in [1.29, 1.82) is 0 Å². The van der Waals surface area contributed by atoms with Crippen LogP contribution in [0.25, 0.3) is 11.0 Å². The zero-order chi connectivity index (χ0) is 17.0. The van der Waals surface area contributed by atoms with E-state index in [0.717, 1.165) is 0 Å². The van der Waals surface area contributed by atoms with Crippen LogP contribution in [0.2, 0.25) is 0 Å². The third kappa shape index (κ3) is 4.03. The van der Waals surface area contributed by atoms with Crippen molar-refractivity contribution in [2.45, 2.75) is 33.8 Å². The van der Waals surface area contributed by atoms with Crippen LogP contribution in [0.5, 0.6) is 5.75 Å². The van der Waals surface area contributed by atoms with Crippen molar-refractivity contribution >= 4 is 22.9 Å². The van der Waals surface area contributed by atoms with Gasteiger partial charge in [0, 0.05) is 5.39 Å².